The smallest absolute Gasteiger partial charge is 0.307 e. The van der Waals surface area contributed by atoms with Crippen molar-refractivity contribution in [3.05, 3.63) is 0 Å². The lowest BCUT2D eigenvalue weighted by molar-refractivity contribution is -0.144. The second-order valence-electron chi connectivity index (χ2n) is 4.69. The second kappa shape index (κ2) is 7.96. The molecule has 1 aliphatic rings. The zero-order valence-electron chi connectivity index (χ0n) is 10.3. The van der Waals surface area contributed by atoms with E-state index in [9.17, 15) is 4.79 Å². The van der Waals surface area contributed by atoms with Gasteiger partial charge in [-0.15, -0.1) is 0 Å². The summed E-state index contributed by atoms with van der Waals surface area (Å²) in [4.78, 5) is 11.5. The van der Waals surface area contributed by atoms with Crippen molar-refractivity contribution in [2.75, 3.05) is 24.7 Å². The SMILES string of the molecule is CC(C)CCCOC(=O)CC1CSCCN1. The molecule has 16 heavy (non-hydrogen) atoms. The third-order valence-corrected chi connectivity index (χ3v) is 3.73. The Morgan fingerprint density at radius 1 is 1.56 bits per heavy atom. The minimum Gasteiger partial charge on any atom is -0.466 e. The van der Waals surface area contributed by atoms with Gasteiger partial charge in [-0.1, -0.05) is 13.8 Å². The van der Waals surface area contributed by atoms with Crippen LogP contribution in [0, 0.1) is 5.92 Å². The first-order valence-electron chi connectivity index (χ1n) is 6.15. The van der Waals surface area contributed by atoms with Crippen molar-refractivity contribution in [1.29, 1.82) is 0 Å². The van der Waals surface area contributed by atoms with E-state index in [1.807, 2.05) is 11.8 Å². The Labute approximate surface area is 103 Å². The van der Waals surface area contributed by atoms with Gasteiger partial charge in [0.1, 0.15) is 0 Å². The highest BCUT2D eigenvalue weighted by molar-refractivity contribution is 7.99. The molecule has 1 saturated heterocycles. The van der Waals surface area contributed by atoms with Gasteiger partial charge in [-0.05, 0) is 18.8 Å². The van der Waals surface area contributed by atoms with Gasteiger partial charge < -0.3 is 10.1 Å². The van der Waals surface area contributed by atoms with Crippen LogP contribution in [0.4, 0.5) is 0 Å². The number of hydrogen-bond acceptors (Lipinski definition) is 4. The number of hydrogen-bond donors (Lipinski definition) is 1. The first-order chi connectivity index (χ1) is 7.68. The topological polar surface area (TPSA) is 38.3 Å². The van der Waals surface area contributed by atoms with E-state index in [1.54, 1.807) is 0 Å². The van der Waals surface area contributed by atoms with E-state index in [4.69, 9.17) is 4.74 Å². The van der Waals surface area contributed by atoms with E-state index < -0.39 is 0 Å². The standard InChI is InChI=1S/C12H23NO2S/c1-10(2)4-3-6-15-12(14)8-11-9-16-7-5-13-11/h10-11,13H,3-9H2,1-2H3. The predicted molar refractivity (Wildman–Crippen MR) is 68.8 cm³/mol. The van der Waals surface area contributed by atoms with Gasteiger partial charge in [-0.2, -0.15) is 11.8 Å². The number of esters is 1. The van der Waals surface area contributed by atoms with E-state index in [0.717, 1.165) is 30.9 Å². The summed E-state index contributed by atoms with van der Waals surface area (Å²) < 4.78 is 5.21. The average Bonchev–Trinajstić information content (AvgIpc) is 2.25. The molecular weight excluding hydrogens is 222 g/mol. The van der Waals surface area contributed by atoms with Gasteiger partial charge in [0.15, 0.2) is 0 Å². The molecule has 1 atom stereocenters. The van der Waals surface area contributed by atoms with Gasteiger partial charge in [0.2, 0.25) is 0 Å². The summed E-state index contributed by atoms with van der Waals surface area (Å²) in [5.41, 5.74) is 0. The minimum absolute atomic E-state index is 0.0521. The van der Waals surface area contributed by atoms with E-state index in [-0.39, 0.29) is 5.97 Å². The summed E-state index contributed by atoms with van der Waals surface area (Å²) in [7, 11) is 0. The molecule has 1 aliphatic heterocycles. The van der Waals surface area contributed by atoms with Crippen LogP contribution >= 0.6 is 11.8 Å². The lowest BCUT2D eigenvalue weighted by Crippen LogP contribution is -2.39. The Bertz CT molecular complexity index is 203. The summed E-state index contributed by atoms with van der Waals surface area (Å²) in [5, 5.41) is 3.34. The quantitative estimate of drug-likeness (QED) is 0.574. The van der Waals surface area contributed by atoms with Crippen LogP contribution in [0.15, 0.2) is 0 Å². The van der Waals surface area contributed by atoms with E-state index in [0.29, 0.717) is 25.0 Å². The summed E-state index contributed by atoms with van der Waals surface area (Å²) in [6, 6.07) is 0.316. The van der Waals surface area contributed by atoms with Crippen molar-refractivity contribution in [3.8, 4) is 0 Å². The average molecular weight is 245 g/mol. The third kappa shape index (κ3) is 6.38. The van der Waals surface area contributed by atoms with Gasteiger partial charge in [0.05, 0.1) is 13.0 Å². The molecule has 0 amide bonds. The van der Waals surface area contributed by atoms with E-state index in [2.05, 4.69) is 19.2 Å². The first kappa shape index (κ1) is 13.8. The highest BCUT2D eigenvalue weighted by Crippen LogP contribution is 2.11. The van der Waals surface area contributed by atoms with E-state index in [1.165, 1.54) is 0 Å². The van der Waals surface area contributed by atoms with Crippen molar-refractivity contribution < 1.29 is 9.53 Å². The van der Waals surface area contributed by atoms with Crippen LogP contribution < -0.4 is 5.32 Å². The molecule has 0 bridgehead atoms. The fourth-order valence-corrected chi connectivity index (χ4v) is 2.64. The highest BCUT2D eigenvalue weighted by atomic mass is 32.2. The molecule has 1 unspecified atom stereocenters. The number of rotatable bonds is 6. The molecule has 0 aromatic heterocycles. The van der Waals surface area contributed by atoms with Crippen LogP contribution in [-0.2, 0) is 9.53 Å². The molecule has 0 spiro atoms. The molecule has 1 heterocycles. The largest absolute Gasteiger partial charge is 0.466 e. The lowest BCUT2D eigenvalue weighted by Gasteiger charge is -2.22. The predicted octanol–water partition coefficient (Wildman–Crippen LogP) is 2.06. The zero-order chi connectivity index (χ0) is 11.8. The van der Waals surface area contributed by atoms with Crippen LogP contribution in [0.3, 0.4) is 0 Å². The van der Waals surface area contributed by atoms with Crippen LogP contribution in [0.5, 0.6) is 0 Å². The second-order valence-corrected chi connectivity index (χ2v) is 5.84. The molecule has 4 heteroatoms. The van der Waals surface area contributed by atoms with Crippen molar-refractivity contribution in [2.45, 2.75) is 39.2 Å². The molecule has 0 aliphatic carbocycles. The number of nitrogens with one attached hydrogen (secondary N) is 1. The van der Waals surface area contributed by atoms with Crippen molar-refractivity contribution in [1.82, 2.24) is 5.32 Å². The van der Waals surface area contributed by atoms with Gasteiger partial charge in [0.25, 0.3) is 0 Å². The monoisotopic (exact) mass is 245 g/mol. The zero-order valence-corrected chi connectivity index (χ0v) is 11.1. The molecule has 0 aromatic rings. The molecule has 1 rings (SSSR count). The molecule has 0 radical (unpaired) electrons. The van der Waals surface area contributed by atoms with Crippen molar-refractivity contribution >= 4 is 17.7 Å². The molecule has 94 valence electrons. The van der Waals surface area contributed by atoms with Gasteiger partial charge in [0, 0.05) is 24.1 Å². The summed E-state index contributed by atoms with van der Waals surface area (Å²) in [6.07, 6.45) is 2.63. The fourth-order valence-electron chi connectivity index (χ4n) is 1.69. The summed E-state index contributed by atoms with van der Waals surface area (Å²) in [6.45, 7) is 5.96. The maximum atomic E-state index is 11.5. The first-order valence-corrected chi connectivity index (χ1v) is 7.30. The normalized spacial score (nSPS) is 21.1. The van der Waals surface area contributed by atoms with Gasteiger partial charge in [-0.25, -0.2) is 0 Å². The molecule has 0 aromatic carbocycles. The molecule has 3 nitrogen and oxygen atoms in total. The highest BCUT2D eigenvalue weighted by Gasteiger charge is 2.17. The summed E-state index contributed by atoms with van der Waals surface area (Å²) >= 11 is 1.91. The minimum atomic E-state index is -0.0521. The Hall–Kier alpha value is -0.220. The van der Waals surface area contributed by atoms with E-state index >= 15 is 0 Å². The third-order valence-electron chi connectivity index (χ3n) is 2.60. The Balaban J connectivity index is 2.01. The van der Waals surface area contributed by atoms with Gasteiger partial charge in [-0.3, -0.25) is 4.79 Å². The Morgan fingerprint density at radius 2 is 2.38 bits per heavy atom. The van der Waals surface area contributed by atoms with Crippen LogP contribution in [0.25, 0.3) is 0 Å². The lowest BCUT2D eigenvalue weighted by atomic mass is 10.1. The summed E-state index contributed by atoms with van der Waals surface area (Å²) in [5.74, 6) is 2.82. The molecular formula is C12H23NO2S. The molecule has 0 saturated carbocycles. The molecule has 1 N–H and O–H groups in total. The number of ether oxygens (including phenoxy) is 1. The molecule has 1 fully saturated rings. The van der Waals surface area contributed by atoms with Crippen LogP contribution in [-0.4, -0.2) is 36.7 Å². The maximum absolute atomic E-state index is 11.5. The number of carbonyl (C=O) groups excluding carboxylic acids is 1. The number of thioether (sulfide) groups is 1. The van der Waals surface area contributed by atoms with Crippen LogP contribution in [0.2, 0.25) is 0 Å². The fraction of sp³-hybridized carbons (Fsp3) is 0.917. The van der Waals surface area contributed by atoms with Crippen LogP contribution in [0.1, 0.15) is 33.1 Å². The Kier molecular flexibility index (Phi) is 6.88. The van der Waals surface area contributed by atoms with Crippen molar-refractivity contribution in [3.63, 3.8) is 0 Å². The Morgan fingerprint density at radius 3 is 3.00 bits per heavy atom. The maximum Gasteiger partial charge on any atom is 0.307 e. The van der Waals surface area contributed by atoms with Gasteiger partial charge >= 0.3 is 5.97 Å². The number of carbonyl (C=O) groups is 1. The van der Waals surface area contributed by atoms with Crippen molar-refractivity contribution in [2.24, 2.45) is 5.92 Å².